The van der Waals surface area contributed by atoms with Gasteiger partial charge in [0.15, 0.2) is 6.29 Å². The van der Waals surface area contributed by atoms with E-state index in [1.165, 1.54) is 6.07 Å². The molecule has 0 aliphatic rings. The third-order valence-corrected chi connectivity index (χ3v) is 2.30. The molecular formula is C13H16ClNO3. The maximum atomic E-state index is 11.7. The molecule has 1 aromatic carbocycles. The van der Waals surface area contributed by atoms with E-state index in [0.29, 0.717) is 28.1 Å². The molecule has 1 rings (SSSR count). The van der Waals surface area contributed by atoms with Crippen molar-refractivity contribution < 1.29 is 14.3 Å². The highest BCUT2D eigenvalue weighted by Gasteiger charge is 2.18. The van der Waals surface area contributed by atoms with E-state index < -0.39 is 11.7 Å². The smallest absolute Gasteiger partial charge is 0.412 e. The number of nitrogens with one attached hydrogen (secondary N) is 1. The van der Waals surface area contributed by atoms with Gasteiger partial charge < -0.3 is 4.74 Å². The van der Waals surface area contributed by atoms with E-state index in [1.807, 2.05) is 0 Å². The number of carbonyl (C=O) groups is 2. The zero-order valence-corrected chi connectivity index (χ0v) is 11.6. The number of benzene rings is 1. The van der Waals surface area contributed by atoms with Crippen LogP contribution in [0.5, 0.6) is 0 Å². The number of aldehydes is 1. The highest BCUT2D eigenvalue weighted by molar-refractivity contribution is 6.31. The minimum Gasteiger partial charge on any atom is -0.444 e. The summed E-state index contributed by atoms with van der Waals surface area (Å²) >= 11 is 5.84. The fourth-order valence-electron chi connectivity index (χ4n) is 1.44. The van der Waals surface area contributed by atoms with Crippen LogP contribution in [-0.4, -0.2) is 18.0 Å². The van der Waals surface area contributed by atoms with Gasteiger partial charge in [-0.05, 0) is 45.4 Å². The van der Waals surface area contributed by atoms with Gasteiger partial charge in [0.25, 0.3) is 0 Å². The lowest BCUT2D eigenvalue weighted by Crippen LogP contribution is -2.27. The Morgan fingerprint density at radius 3 is 2.50 bits per heavy atom. The Morgan fingerprint density at radius 1 is 1.39 bits per heavy atom. The second kappa shape index (κ2) is 5.40. The number of hydrogen-bond donors (Lipinski definition) is 1. The summed E-state index contributed by atoms with van der Waals surface area (Å²) in [6.45, 7) is 7.05. The maximum absolute atomic E-state index is 11.7. The van der Waals surface area contributed by atoms with Crippen molar-refractivity contribution in [2.24, 2.45) is 0 Å². The molecule has 5 heteroatoms. The van der Waals surface area contributed by atoms with Gasteiger partial charge in [-0.25, -0.2) is 4.79 Å². The van der Waals surface area contributed by atoms with Crippen LogP contribution in [-0.2, 0) is 4.74 Å². The Hall–Kier alpha value is -1.55. The quantitative estimate of drug-likeness (QED) is 0.831. The van der Waals surface area contributed by atoms with Crippen molar-refractivity contribution in [2.45, 2.75) is 33.3 Å². The van der Waals surface area contributed by atoms with E-state index in [0.717, 1.165) is 0 Å². The Kier molecular flexibility index (Phi) is 4.35. The monoisotopic (exact) mass is 269 g/mol. The van der Waals surface area contributed by atoms with Gasteiger partial charge in [-0.15, -0.1) is 0 Å². The largest absolute Gasteiger partial charge is 0.444 e. The van der Waals surface area contributed by atoms with Crippen molar-refractivity contribution in [1.82, 2.24) is 0 Å². The lowest BCUT2D eigenvalue weighted by molar-refractivity contribution is 0.0636. The van der Waals surface area contributed by atoms with Crippen LogP contribution in [0.25, 0.3) is 0 Å². The number of hydrogen-bond acceptors (Lipinski definition) is 3. The third kappa shape index (κ3) is 4.04. The summed E-state index contributed by atoms with van der Waals surface area (Å²) < 4.78 is 5.13. The molecule has 0 heterocycles. The van der Waals surface area contributed by atoms with Crippen LogP contribution in [0, 0.1) is 6.92 Å². The Balaban J connectivity index is 2.97. The van der Waals surface area contributed by atoms with Crippen LogP contribution in [0.2, 0.25) is 5.02 Å². The van der Waals surface area contributed by atoms with Crippen LogP contribution in [0.4, 0.5) is 10.5 Å². The van der Waals surface area contributed by atoms with Gasteiger partial charge in [-0.3, -0.25) is 10.1 Å². The van der Waals surface area contributed by atoms with Gasteiger partial charge in [0.05, 0.1) is 5.69 Å². The van der Waals surface area contributed by atoms with Gasteiger partial charge in [-0.1, -0.05) is 11.6 Å². The number of aryl methyl sites for hydroxylation is 1. The minimum absolute atomic E-state index is 0.325. The minimum atomic E-state index is -0.601. The summed E-state index contributed by atoms with van der Waals surface area (Å²) in [7, 11) is 0. The van der Waals surface area contributed by atoms with E-state index in [4.69, 9.17) is 16.3 Å². The average molecular weight is 270 g/mol. The molecule has 0 saturated heterocycles. The Labute approximate surface area is 111 Å². The summed E-state index contributed by atoms with van der Waals surface area (Å²) in [6, 6.07) is 3.16. The second-order valence-electron chi connectivity index (χ2n) is 4.93. The molecular weight excluding hydrogens is 254 g/mol. The molecule has 1 aromatic rings. The summed E-state index contributed by atoms with van der Waals surface area (Å²) in [6.07, 6.45) is 0.0435. The number of ether oxygens (including phenoxy) is 1. The predicted octanol–water partition coefficient (Wildman–Crippen LogP) is 3.81. The summed E-state index contributed by atoms with van der Waals surface area (Å²) in [5.74, 6) is 0. The molecule has 1 amide bonds. The van der Waals surface area contributed by atoms with Crippen LogP contribution in [0.3, 0.4) is 0 Å². The second-order valence-corrected chi connectivity index (χ2v) is 5.37. The molecule has 0 atom stereocenters. The van der Waals surface area contributed by atoms with Gasteiger partial charge in [0, 0.05) is 10.6 Å². The molecule has 0 aromatic heterocycles. The van der Waals surface area contributed by atoms with Crippen molar-refractivity contribution in [2.75, 3.05) is 5.32 Å². The predicted molar refractivity (Wildman–Crippen MR) is 71.4 cm³/mol. The third-order valence-electron chi connectivity index (χ3n) is 2.08. The summed E-state index contributed by atoms with van der Waals surface area (Å²) in [5.41, 5.74) is 0.858. The number of amides is 1. The molecule has 0 spiro atoms. The molecule has 98 valence electrons. The molecule has 4 nitrogen and oxygen atoms in total. The molecule has 0 fully saturated rings. The van der Waals surface area contributed by atoms with Crippen LogP contribution in [0.1, 0.15) is 36.7 Å². The van der Waals surface area contributed by atoms with Crippen molar-refractivity contribution in [3.05, 3.63) is 28.3 Å². The molecule has 1 N–H and O–H groups in total. The van der Waals surface area contributed by atoms with Gasteiger partial charge >= 0.3 is 6.09 Å². The lowest BCUT2D eigenvalue weighted by atomic mass is 10.1. The summed E-state index contributed by atoms with van der Waals surface area (Å²) in [5, 5.41) is 3.01. The van der Waals surface area contributed by atoms with E-state index in [9.17, 15) is 9.59 Å². The molecule has 0 unspecified atom stereocenters. The fraction of sp³-hybridized carbons (Fsp3) is 0.385. The van der Waals surface area contributed by atoms with Crippen LogP contribution < -0.4 is 5.32 Å². The van der Waals surface area contributed by atoms with E-state index in [-0.39, 0.29) is 0 Å². The topological polar surface area (TPSA) is 55.4 Å². The van der Waals surface area contributed by atoms with Crippen molar-refractivity contribution in [1.29, 1.82) is 0 Å². The van der Waals surface area contributed by atoms with Crippen molar-refractivity contribution in [3.63, 3.8) is 0 Å². The van der Waals surface area contributed by atoms with E-state index in [2.05, 4.69) is 5.32 Å². The highest BCUT2D eigenvalue weighted by atomic mass is 35.5. The number of halogens is 1. The zero-order chi connectivity index (χ0) is 13.9. The van der Waals surface area contributed by atoms with Crippen LogP contribution >= 0.6 is 11.6 Å². The molecule has 0 aliphatic carbocycles. The Bertz CT molecular complexity index is 478. The lowest BCUT2D eigenvalue weighted by Gasteiger charge is -2.20. The number of rotatable bonds is 2. The first-order valence-corrected chi connectivity index (χ1v) is 5.86. The first-order valence-electron chi connectivity index (χ1n) is 5.48. The zero-order valence-electron chi connectivity index (χ0n) is 10.8. The van der Waals surface area contributed by atoms with E-state index >= 15 is 0 Å². The summed E-state index contributed by atoms with van der Waals surface area (Å²) in [4.78, 5) is 22.6. The normalized spacial score (nSPS) is 10.9. The highest BCUT2D eigenvalue weighted by Crippen LogP contribution is 2.25. The molecule has 18 heavy (non-hydrogen) atoms. The molecule has 0 bridgehead atoms. The Morgan fingerprint density at radius 2 is 2.00 bits per heavy atom. The maximum Gasteiger partial charge on any atom is 0.412 e. The standard InChI is InChI=1S/C13H16ClNO3/c1-8-5-10(14)6-9(7-16)11(8)15-12(17)18-13(2,3)4/h5-7H,1-4H3,(H,15,17). The molecule has 0 saturated carbocycles. The van der Waals surface area contributed by atoms with Gasteiger partial charge in [0.2, 0.25) is 0 Å². The first-order chi connectivity index (χ1) is 8.23. The van der Waals surface area contributed by atoms with Crippen LogP contribution in [0.15, 0.2) is 12.1 Å². The molecule has 0 radical (unpaired) electrons. The van der Waals surface area contributed by atoms with Crippen molar-refractivity contribution in [3.8, 4) is 0 Å². The molecule has 0 aliphatic heterocycles. The van der Waals surface area contributed by atoms with E-state index in [1.54, 1.807) is 33.8 Å². The number of anilines is 1. The van der Waals surface area contributed by atoms with Gasteiger partial charge in [-0.2, -0.15) is 0 Å². The first kappa shape index (κ1) is 14.5. The van der Waals surface area contributed by atoms with Gasteiger partial charge in [0.1, 0.15) is 5.60 Å². The van der Waals surface area contributed by atoms with Crippen molar-refractivity contribution >= 4 is 29.7 Å². The average Bonchev–Trinajstić information content (AvgIpc) is 2.18. The fourth-order valence-corrected chi connectivity index (χ4v) is 1.72. The SMILES string of the molecule is Cc1cc(Cl)cc(C=O)c1NC(=O)OC(C)(C)C. The number of carbonyl (C=O) groups excluding carboxylic acids is 2.